The Morgan fingerprint density at radius 3 is 2.00 bits per heavy atom. The third-order valence-electron chi connectivity index (χ3n) is 2.24. The van der Waals surface area contributed by atoms with Gasteiger partial charge < -0.3 is 10.4 Å². The molecule has 0 spiro atoms. The molecule has 11 nitrogen and oxygen atoms in total. The van der Waals surface area contributed by atoms with E-state index in [-0.39, 0.29) is 0 Å². The molecule has 0 aliphatic carbocycles. The van der Waals surface area contributed by atoms with E-state index in [1.807, 2.05) is 5.32 Å². The van der Waals surface area contributed by atoms with Gasteiger partial charge in [-0.1, -0.05) is 0 Å². The highest BCUT2D eigenvalue weighted by molar-refractivity contribution is 6.69. The SMILES string of the molecule is O=C1NC(=O)C(=NC2C(=O)NC(=O)NC2O)C(=O)N1. The first-order chi connectivity index (χ1) is 8.88. The van der Waals surface area contributed by atoms with Crippen molar-refractivity contribution in [3.05, 3.63) is 0 Å². The van der Waals surface area contributed by atoms with Gasteiger partial charge in [0.2, 0.25) is 0 Å². The summed E-state index contributed by atoms with van der Waals surface area (Å²) in [6.45, 7) is 0. The van der Waals surface area contributed by atoms with Crippen LogP contribution in [0.4, 0.5) is 9.59 Å². The number of aliphatic hydroxyl groups excluding tert-OH is 1. The minimum atomic E-state index is -1.69. The average Bonchev–Trinajstić information content (AvgIpc) is 2.25. The molecule has 2 atom stereocenters. The highest BCUT2D eigenvalue weighted by Gasteiger charge is 2.37. The molecule has 100 valence electrons. The van der Waals surface area contributed by atoms with Crippen molar-refractivity contribution in [2.45, 2.75) is 12.3 Å². The van der Waals surface area contributed by atoms with Gasteiger partial charge >= 0.3 is 12.1 Å². The zero-order chi connectivity index (χ0) is 14.2. The number of hydrogen-bond donors (Lipinski definition) is 5. The van der Waals surface area contributed by atoms with Crippen molar-refractivity contribution in [2.24, 2.45) is 4.99 Å². The maximum atomic E-state index is 11.4. The molecule has 0 aromatic rings. The van der Waals surface area contributed by atoms with Crippen molar-refractivity contribution in [2.75, 3.05) is 0 Å². The van der Waals surface area contributed by atoms with Crippen LogP contribution in [-0.2, 0) is 14.4 Å². The molecule has 2 unspecified atom stereocenters. The summed E-state index contributed by atoms with van der Waals surface area (Å²) in [5.41, 5.74) is -0.755. The Hall–Kier alpha value is -2.82. The largest absolute Gasteiger partial charge is 0.371 e. The second kappa shape index (κ2) is 4.45. The average molecular weight is 269 g/mol. The number of imide groups is 3. The lowest BCUT2D eigenvalue weighted by Crippen LogP contribution is -2.62. The molecule has 5 N–H and O–H groups in total. The molecule has 2 aliphatic rings. The first-order valence-corrected chi connectivity index (χ1v) is 4.92. The fourth-order valence-electron chi connectivity index (χ4n) is 1.42. The molecule has 0 aromatic heterocycles. The molecule has 2 fully saturated rings. The zero-order valence-electron chi connectivity index (χ0n) is 9.09. The Morgan fingerprint density at radius 2 is 1.47 bits per heavy atom. The third-order valence-corrected chi connectivity index (χ3v) is 2.24. The van der Waals surface area contributed by atoms with Crippen LogP contribution in [0.2, 0.25) is 0 Å². The van der Waals surface area contributed by atoms with Crippen molar-refractivity contribution in [3.8, 4) is 0 Å². The number of rotatable bonds is 1. The standard InChI is InChI=1S/C8H7N5O6/c14-3-1(4(15)11-7(18)10-3)9-2-5(16)12-8(19)13-6(2)17/h1,3,14H,(H2,10,11,15,18)(H2,12,13,16,17,19). The van der Waals surface area contributed by atoms with Crippen LogP contribution >= 0.6 is 0 Å². The molecular formula is C8H7N5O6. The van der Waals surface area contributed by atoms with Crippen LogP contribution in [0.1, 0.15) is 0 Å². The van der Waals surface area contributed by atoms with Crippen LogP contribution in [-0.4, -0.2) is 52.9 Å². The summed E-state index contributed by atoms with van der Waals surface area (Å²) in [6, 6.07) is -3.52. The number of urea groups is 2. The third kappa shape index (κ3) is 2.40. The molecule has 2 rings (SSSR count). The molecular weight excluding hydrogens is 262 g/mol. The number of carbonyl (C=O) groups is 5. The monoisotopic (exact) mass is 269 g/mol. The lowest BCUT2D eigenvalue weighted by Gasteiger charge is -2.25. The van der Waals surface area contributed by atoms with Gasteiger partial charge in [-0.05, 0) is 0 Å². The molecule has 0 radical (unpaired) electrons. The fourth-order valence-corrected chi connectivity index (χ4v) is 1.42. The van der Waals surface area contributed by atoms with Crippen LogP contribution in [0, 0.1) is 0 Å². The van der Waals surface area contributed by atoms with Gasteiger partial charge in [0, 0.05) is 0 Å². The molecule has 2 saturated heterocycles. The summed E-state index contributed by atoms with van der Waals surface area (Å²) in [7, 11) is 0. The van der Waals surface area contributed by atoms with Gasteiger partial charge in [-0.15, -0.1) is 0 Å². The van der Waals surface area contributed by atoms with Crippen LogP contribution in [0.3, 0.4) is 0 Å². The number of carbonyl (C=O) groups excluding carboxylic acids is 5. The smallest absolute Gasteiger partial charge is 0.328 e. The predicted molar refractivity (Wildman–Crippen MR) is 55.6 cm³/mol. The van der Waals surface area contributed by atoms with E-state index in [1.165, 1.54) is 0 Å². The van der Waals surface area contributed by atoms with E-state index in [0.717, 1.165) is 0 Å². The minimum absolute atomic E-state index is 0.755. The van der Waals surface area contributed by atoms with Gasteiger partial charge in [0.05, 0.1) is 0 Å². The van der Waals surface area contributed by atoms with E-state index in [4.69, 9.17) is 0 Å². The van der Waals surface area contributed by atoms with Crippen molar-refractivity contribution in [1.82, 2.24) is 21.3 Å². The summed E-state index contributed by atoms with van der Waals surface area (Å²) < 4.78 is 0. The van der Waals surface area contributed by atoms with E-state index in [9.17, 15) is 29.1 Å². The number of nitrogens with zero attached hydrogens (tertiary/aromatic N) is 1. The van der Waals surface area contributed by atoms with E-state index < -0.39 is 47.8 Å². The molecule has 2 aliphatic heterocycles. The minimum Gasteiger partial charge on any atom is -0.371 e. The van der Waals surface area contributed by atoms with E-state index in [0.29, 0.717) is 0 Å². The quantitative estimate of drug-likeness (QED) is 0.328. The molecule has 7 amide bonds. The molecule has 0 bridgehead atoms. The summed E-state index contributed by atoms with van der Waals surface area (Å²) in [6.07, 6.45) is -1.69. The van der Waals surface area contributed by atoms with Gasteiger partial charge in [0.25, 0.3) is 17.7 Å². The highest BCUT2D eigenvalue weighted by atomic mass is 16.3. The van der Waals surface area contributed by atoms with E-state index in [1.54, 1.807) is 16.0 Å². The lowest BCUT2D eigenvalue weighted by molar-refractivity contribution is -0.125. The van der Waals surface area contributed by atoms with Crippen LogP contribution in [0.5, 0.6) is 0 Å². The number of aliphatic hydroxyl groups is 1. The topological polar surface area (TPSA) is 166 Å². The Morgan fingerprint density at radius 1 is 0.895 bits per heavy atom. The van der Waals surface area contributed by atoms with Crippen LogP contribution < -0.4 is 21.3 Å². The fraction of sp³-hybridized carbons (Fsp3) is 0.250. The lowest BCUT2D eigenvalue weighted by atomic mass is 10.2. The van der Waals surface area contributed by atoms with E-state index in [2.05, 4.69) is 4.99 Å². The second-order valence-corrected chi connectivity index (χ2v) is 3.57. The molecule has 0 aromatic carbocycles. The van der Waals surface area contributed by atoms with Crippen molar-refractivity contribution in [1.29, 1.82) is 0 Å². The van der Waals surface area contributed by atoms with Crippen molar-refractivity contribution in [3.63, 3.8) is 0 Å². The Labute approximate surface area is 104 Å². The second-order valence-electron chi connectivity index (χ2n) is 3.57. The zero-order valence-corrected chi connectivity index (χ0v) is 9.09. The number of nitrogens with one attached hydrogen (secondary N) is 4. The maximum absolute atomic E-state index is 11.4. The van der Waals surface area contributed by atoms with Crippen molar-refractivity contribution >= 4 is 35.5 Å². The van der Waals surface area contributed by atoms with Gasteiger partial charge in [0.1, 0.15) is 0 Å². The van der Waals surface area contributed by atoms with Gasteiger partial charge in [0.15, 0.2) is 18.0 Å². The summed E-state index contributed by atoms with van der Waals surface area (Å²) >= 11 is 0. The summed E-state index contributed by atoms with van der Waals surface area (Å²) in [4.78, 5) is 59.2. The Balaban J connectivity index is 2.27. The predicted octanol–water partition coefficient (Wildman–Crippen LogP) is -3.68. The number of barbiturate groups is 1. The maximum Gasteiger partial charge on any atom is 0.328 e. The molecule has 2 heterocycles. The first kappa shape index (κ1) is 12.6. The van der Waals surface area contributed by atoms with Crippen LogP contribution in [0.15, 0.2) is 4.99 Å². The molecule has 11 heteroatoms. The van der Waals surface area contributed by atoms with Crippen LogP contribution in [0.25, 0.3) is 0 Å². The normalized spacial score (nSPS) is 27.2. The van der Waals surface area contributed by atoms with Crippen molar-refractivity contribution < 1.29 is 29.1 Å². The van der Waals surface area contributed by atoms with Gasteiger partial charge in [-0.3, -0.25) is 35.3 Å². The summed E-state index contributed by atoms with van der Waals surface area (Å²) in [5, 5.41) is 16.7. The molecule has 19 heavy (non-hydrogen) atoms. The Bertz CT molecular complexity index is 518. The van der Waals surface area contributed by atoms with Gasteiger partial charge in [-0.25, -0.2) is 9.59 Å². The number of aliphatic imine (C=N–C) groups is 1. The molecule has 0 saturated carbocycles. The van der Waals surface area contributed by atoms with Gasteiger partial charge in [-0.2, -0.15) is 0 Å². The van der Waals surface area contributed by atoms with E-state index >= 15 is 0 Å². The summed E-state index contributed by atoms with van der Waals surface area (Å²) in [5.74, 6) is -3.20. The number of hydrogen-bond acceptors (Lipinski definition) is 7. The number of amides is 7. The highest BCUT2D eigenvalue weighted by Crippen LogP contribution is 2.04. The first-order valence-electron chi connectivity index (χ1n) is 4.92. The Kier molecular flexibility index (Phi) is 2.96.